The van der Waals surface area contributed by atoms with E-state index < -0.39 is 0 Å². The maximum Gasteiger partial charge on any atom is 0.0250 e. The van der Waals surface area contributed by atoms with Crippen LogP contribution in [0.4, 0.5) is 0 Å². The van der Waals surface area contributed by atoms with Crippen molar-refractivity contribution in [2.75, 3.05) is 19.6 Å². The molecule has 2 aliphatic rings. The smallest absolute Gasteiger partial charge is 0.0250 e. The van der Waals surface area contributed by atoms with E-state index in [0.29, 0.717) is 0 Å². The normalized spacial score (nSPS) is 33.2. The fraction of sp³-hybridized carbons (Fsp3) is 1.00. The summed E-state index contributed by atoms with van der Waals surface area (Å²) in [6.45, 7) is 6.15. The van der Waals surface area contributed by atoms with Crippen molar-refractivity contribution in [3.63, 3.8) is 0 Å². The average Bonchev–Trinajstić information content (AvgIpc) is 2.67. The number of nitrogens with one attached hydrogen (secondary N) is 1. The van der Waals surface area contributed by atoms with Gasteiger partial charge in [0.05, 0.1) is 0 Å². The van der Waals surface area contributed by atoms with Gasteiger partial charge in [0.2, 0.25) is 0 Å². The minimum absolute atomic E-state index is 0.804. The molecule has 2 heterocycles. The number of rotatable bonds is 4. The Balaban J connectivity index is 1.78. The second kappa shape index (κ2) is 5.13. The predicted octanol–water partition coefficient (Wildman–Crippen LogP) is 2.00. The lowest BCUT2D eigenvalue weighted by atomic mass is 9.97. The van der Waals surface area contributed by atoms with Crippen LogP contribution in [0.3, 0.4) is 0 Å². The maximum atomic E-state index is 3.71. The minimum atomic E-state index is 0.804. The lowest BCUT2D eigenvalue weighted by molar-refractivity contribution is 0.155. The van der Waals surface area contributed by atoms with Gasteiger partial charge in [-0.25, -0.2) is 0 Å². The molecule has 0 radical (unpaired) electrons. The lowest BCUT2D eigenvalue weighted by Gasteiger charge is -2.37. The highest BCUT2D eigenvalue weighted by Gasteiger charge is 2.33. The van der Waals surface area contributed by atoms with E-state index in [1.165, 1.54) is 58.2 Å². The maximum absolute atomic E-state index is 3.71. The molecule has 0 saturated carbocycles. The molecular formula is C12H24N2. The predicted molar refractivity (Wildman–Crippen MR) is 60.5 cm³/mol. The third-order valence-corrected chi connectivity index (χ3v) is 3.80. The molecule has 0 aromatic rings. The largest absolute Gasteiger partial charge is 0.311 e. The number of hydrogen-bond donors (Lipinski definition) is 1. The zero-order valence-corrected chi connectivity index (χ0v) is 9.47. The molecule has 0 amide bonds. The molecule has 2 fully saturated rings. The summed E-state index contributed by atoms with van der Waals surface area (Å²) >= 11 is 0. The molecule has 2 rings (SSSR count). The molecule has 1 N–H and O–H groups in total. The van der Waals surface area contributed by atoms with Gasteiger partial charge in [-0.1, -0.05) is 26.2 Å². The van der Waals surface area contributed by atoms with Crippen LogP contribution < -0.4 is 5.32 Å². The van der Waals surface area contributed by atoms with Crippen molar-refractivity contribution in [3.05, 3.63) is 0 Å². The Morgan fingerprint density at radius 1 is 1.29 bits per heavy atom. The molecule has 2 heteroatoms. The molecule has 2 saturated heterocycles. The van der Waals surface area contributed by atoms with Gasteiger partial charge in [0, 0.05) is 25.2 Å². The van der Waals surface area contributed by atoms with Crippen molar-refractivity contribution in [1.82, 2.24) is 10.2 Å². The summed E-state index contributed by atoms with van der Waals surface area (Å²) in [5.74, 6) is 0. The lowest BCUT2D eigenvalue weighted by Crippen LogP contribution is -2.54. The average molecular weight is 196 g/mol. The molecule has 0 bridgehead atoms. The molecule has 2 aliphatic heterocycles. The molecule has 0 aromatic carbocycles. The van der Waals surface area contributed by atoms with E-state index in [-0.39, 0.29) is 0 Å². The Hall–Kier alpha value is -0.0800. The fourth-order valence-corrected chi connectivity index (χ4v) is 3.02. The zero-order chi connectivity index (χ0) is 9.80. The monoisotopic (exact) mass is 196 g/mol. The summed E-state index contributed by atoms with van der Waals surface area (Å²) < 4.78 is 0. The van der Waals surface area contributed by atoms with Crippen molar-refractivity contribution in [3.8, 4) is 0 Å². The third-order valence-electron chi connectivity index (χ3n) is 3.80. The fourth-order valence-electron chi connectivity index (χ4n) is 3.02. The van der Waals surface area contributed by atoms with Gasteiger partial charge in [-0.2, -0.15) is 0 Å². The van der Waals surface area contributed by atoms with E-state index in [4.69, 9.17) is 0 Å². The van der Waals surface area contributed by atoms with Crippen molar-refractivity contribution in [2.45, 2.75) is 57.5 Å². The molecule has 14 heavy (non-hydrogen) atoms. The van der Waals surface area contributed by atoms with E-state index in [9.17, 15) is 0 Å². The van der Waals surface area contributed by atoms with Gasteiger partial charge in [0.25, 0.3) is 0 Å². The van der Waals surface area contributed by atoms with Crippen molar-refractivity contribution in [1.29, 1.82) is 0 Å². The summed E-state index contributed by atoms with van der Waals surface area (Å²) in [7, 11) is 0. The molecule has 2 atom stereocenters. The first-order valence-electron chi connectivity index (χ1n) is 6.39. The second-order valence-corrected chi connectivity index (χ2v) is 4.80. The standard InChI is InChI=1S/C12H24N2/c1-2-3-4-6-11-12-7-5-9-14(12)10-8-13-11/h11-13H,2-10H2,1H3. The Kier molecular flexibility index (Phi) is 3.82. The molecule has 2 nitrogen and oxygen atoms in total. The van der Waals surface area contributed by atoms with Crippen molar-refractivity contribution < 1.29 is 0 Å². The molecule has 0 aromatic heterocycles. The molecule has 2 unspecified atom stereocenters. The van der Waals surface area contributed by atoms with Gasteiger partial charge in [-0.05, 0) is 25.8 Å². The Morgan fingerprint density at radius 2 is 2.21 bits per heavy atom. The van der Waals surface area contributed by atoms with E-state index in [1.54, 1.807) is 0 Å². The van der Waals surface area contributed by atoms with Crippen molar-refractivity contribution in [2.24, 2.45) is 0 Å². The minimum Gasteiger partial charge on any atom is -0.311 e. The van der Waals surface area contributed by atoms with Crippen LogP contribution in [0.2, 0.25) is 0 Å². The van der Waals surface area contributed by atoms with Gasteiger partial charge in [0.1, 0.15) is 0 Å². The number of fused-ring (bicyclic) bond motifs is 1. The van der Waals surface area contributed by atoms with Crippen LogP contribution in [0.15, 0.2) is 0 Å². The Morgan fingerprint density at radius 3 is 3.07 bits per heavy atom. The number of unbranched alkanes of at least 4 members (excludes halogenated alkanes) is 2. The molecule has 82 valence electrons. The van der Waals surface area contributed by atoms with E-state index in [1.807, 2.05) is 0 Å². The Bertz CT molecular complexity index is 170. The van der Waals surface area contributed by atoms with Gasteiger partial charge in [-0.15, -0.1) is 0 Å². The van der Waals surface area contributed by atoms with Gasteiger partial charge in [-0.3, -0.25) is 4.90 Å². The summed E-state index contributed by atoms with van der Waals surface area (Å²) in [5.41, 5.74) is 0. The second-order valence-electron chi connectivity index (χ2n) is 4.80. The van der Waals surface area contributed by atoms with Crippen LogP contribution in [0.25, 0.3) is 0 Å². The zero-order valence-electron chi connectivity index (χ0n) is 9.47. The highest BCUT2D eigenvalue weighted by molar-refractivity contribution is 4.92. The van der Waals surface area contributed by atoms with Gasteiger partial charge < -0.3 is 5.32 Å². The topological polar surface area (TPSA) is 15.3 Å². The van der Waals surface area contributed by atoms with Crippen LogP contribution in [0, 0.1) is 0 Å². The SMILES string of the molecule is CCCCCC1NCCN2CCCC12. The molecule has 0 aliphatic carbocycles. The van der Waals surface area contributed by atoms with E-state index in [2.05, 4.69) is 17.1 Å². The molecular weight excluding hydrogens is 172 g/mol. The first kappa shape index (κ1) is 10.4. The van der Waals surface area contributed by atoms with Crippen molar-refractivity contribution >= 4 is 0 Å². The number of piperazine rings is 1. The van der Waals surface area contributed by atoms with Crippen LogP contribution in [0.1, 0.15) is 45.4 Å². The third kappa shape index (κ3) is 2.29. The van der Waals surface area contributed by atoms with Crippen LogP contribution in [0.5, 0.6) is 0 Å². The summed E-state index contributed by atoms with van der Waals surface area (Å²) in [5, 5.41) is 3.71. The van der Waals surface area contributed by atoms with Gasteiger partial charge in [0.15, 0.2) is 0 Å². The summed E-state index contributed by atoms with van der Waals surface area (Å²) in [6.07, 6.45) is 8.43. The number of nitrogens with zero attached hydrogens (tertiary/aromatic N) is 1. The Labute approximate surface area is 88.1 Å². The van der Waals surface area contributed by atoms with Gasteiger partial charge >= 0.3 is 0 Å². The van der Waals surface area contributed by atoms with Crippen LogP contribution in [-0.2, 0) is 0 Å². The van der Waals surface area contributed by atoms with E-state index >= 15 is 0 Å². The first-order chi connectivity index (χ1) is 6.92. The van der Waals surface area contributed by atoms with Crippen LogP contribution in [-0.4, -0.2) is 36.6 Å². The van der Waals surface area contributed by atoms with Crippen LogP contribution >= 0.6 is 0 Å². The first-order valence-corrected chi connectivity index (χ1v) is 6.39. The summed E-state index contributed by atoms with van der Waals surface area (Å²) in [6, 6.07) is 1.68. The summed E-state index contributed by atoms with van der Waals surface area (Å²) in [4.78, 5) is 2.70. The highest BCUT2D eigenvalue weighted by Crippen LogP contribution is 2.24. The highest BCUT2D eigenvalue weighted by atomic mass is 15.2. The number of hydrogen-bond acceptors (Lipinski definition) is 2. The molecule has 0 spiro atoms. The van der Waals surface area contributed by atoms with E-state index in [0.717, 1.165) is 12.1 Å². The quantitative estimate of drug-likeness (QED) is 0.692.